The molecular weight excluding hydrogens is 280 g/mol. The van der Waals surface area contributed by atoms with Crippen LogP contribution >= 0.6 is 22.9 Å². The van der Waals surface area contributed by atoms with Crippen molar-refractivity contribution >= 4 is 22.9 Å². The van der Waals surface area contributed by atoms with E-state index in [2.05, 4.69) is 22.3 Å². The van der Waals surface area contributed by atoms with E-state index in [0.29, 0.717) is 5.92 Å². The van der Waals surface area contributed by atoms with E-state index in [-0.39, 0.29) is 0 Å². The third kappa shape index (κ3) is 3.38. The standard InChI is InChI=1S/C14H17ClN2OS/c15-14-4-3-12(19-14)2-1-11-9-13(17-16-11)10-5-7-18-8-6-10/h3-4,9-10H,1-2,5-8H2,(H,16,17). The maximum Gasteiger partial charge on any atom is 0.0931 e. The number of halogens is 1. The third-order valence-electron chi connectivity index (χ3n) is 3.56. The molecule has 2 aromatic heterocycles. The van der Waals surface area contributed by atoms with Gasteiger partial charge in [0.05, 0.1) is 10.0 Å². The summed E-state index contributed by atoms with van der Waals surface area (Å²) in [6.45, 7) is 1.72. The molecule has 0 atom stereocenters. The summed E-state index contributed by atoms with van der Waals surface area (Å²) in [6.07, 6.45) is 4.19. The van der Waals surface area contributed by atoms with Gasteiger partial charge in [-0.3, -0.25) is 5.10 Å². The van der Waals surface area contributed by atoms with E-state index in [9.17, 15) is 0 Å². The van der Waals surface area contributed by atoms with Crippen molar-refractivity contribution in [2.24, 2.45) is 0 Å². The molecule has 1 fully saturated rings. The molecule has 0 unspecified atom stereocenters. The first-order chi connectivity index (χ1) is 9.31. The molecule has 0 aromatic carbocycles. The lowest BCUT2D eigenvalue weighted by atomic mass is 9.96. The minimum absolute atomic E-state index is 0.565. The molecule has 19 heavy (non-hydrogen) atoms. The Morgan fingerprint density at radius 3 is 2.89 bits per heavy atom. The number of rotatable bonds is 4. The van der Waals surface area contributed by atoms with E-state index in [4.69, 9.17) is 16.3 Å². The highest BCUT2D eigenvalue weighted by atomic mass is 35.5. The quantitative estimate of drug-likeness (QED) is 0.932. The summed E-state index contributed by atoms with van der Waals surface area (Å²) in [5.74, 6) is 0.565. The molecule has 0 aliphatic carbocycles. The van der Waals surface area contributed by atoms with Gasteiger partial charge in [0.25, 0.3) is 0 Å². The molecule has 1 aliphatic heterocycles. The summed E-state index contributed by atoms with van der Waals surface area (Å²) in [4.78, 5) is 1.33. The van der Waals surface area contributed by atoms with Crippen molar-refractivity contribution in [3.05, 3.63) is 38.8 Å². The fourth-order valence-electron chi connectivity index (χ4n) is 2.45. The number of H-pyrrole nitrogens is 1. The zero-order valence-corrected chi connectivity index (χ0v) is 12.3. The van der Waals surface area contributed by atoms with E-state index in [1.54, 1.807) is 11.3 Å². The van der Waals surface area contributed by atoms with Gasteiger partial charge in [-0.1, -0.05) is 11.6 Å². The summed E-state index contributed by atoms with van der Waals surface area (Å²) in [7, 11) is 0. The first-order valence-corrected chi connectivity index (χ1v) is 7.87. The zero-order chi connectivity index (χ0) is 13.1. The molecule has 0 bridgehead atoms. The number of nitrogens with zero attached hydrogens (tertiary/aromatic N) is 1. The van der Waals surface area contributed by atoms with Crippen LogP contribution in [0.4, 0.5) is 0 Å². The topological polar surface area (TPSA) is 37.9 Å². The van der Waals surface area contributed by atoms with Crippen molar-refractivity contribution in [2.45, 2.75) is 31.6 Å². The maximum absolute atomic E-state index is 5.93. The number of aromatic nitrogens is 2. The number of aryl methyl sites for hydroxylation is 2. The smallest absolute Gasteiger partial charge is 0.0931 e. The van der Waals surface area contributed by atoms with Crippen LogP contribution in [0.5, 0.6) is 0 Å². The number of ether oxygens (including phenoxy) is 1. The second kappa shape index (κ2) is 6.07. The first kappa shape index (κ1) is 13.2. The van der Waals surface area contributed by atoms with Gasteiger partial charge in [-0.25, -0.2) is 0 Å². The third-order valence-corrected chi connectivity index (χ3v) is 4.85. The van der Waals surface area contributed by atoms with Crippen LogP contribution in [0.25, 0.3) is 0 Å². The van der Waals surface area contributed by atoms with Crippen LogP contribution in [0.1, 0.15) is 35.0 Å². The molecule has 1 saturated heterocycles. The lowest BCUT2D eigenvalue weighted by Gasteiger charge is -2.19. The minimum Gasteiger partial charge on any atom is -0.381 e. The Balaban J connectivity index is 1.58. The van der Waals surface area contributed by atoms with Crippen molar-refractivity contribution in [2.75, 3.05) is 13.2 Å². The molecule has 2 aromatic rings. The summed E-state index contributed by atoms with van der Waals surface area (Å²) in [5, 5.41) is 7.62. The van der Waals surface area contributed by atoms with Crippen LogP contribution in [-0.2, 0) is 17.6 Å². The Kier molecular flexibility index (Phi) is 4.21. The summed E-state index contributed by atoms with van der Waals surface area (Å²) >= 11 is 7.59. The predicted octanol–water partition coefficient (Wildman–Crippen LogP) is 3.80. The summed E-state index contributed by atoms with van der Waals surface area (Å²) < 4.78 is 6.25. The van der Waals surface area contributed by atoms with Gasteiger partial charge >= 0.3 is 0 Å². The van der Waals surface area contributed by atoms with Crippen LogP contribution in [0.3, 0.4) is 0 Å². The van der Waals surface area contributed by atoms with Gasteiger partial charge in [0, 0.05) is 29.7 Å². The number of aromatic amines is 1. The van der Waals surface area contributed by atoms with Gasteiger partial charge < -0.3 is 4.74 Å². The lowest BCUT2D eigenvalue weighted by molar-refractivity contribution is 0.0845. The average molecular weight is 297 g/mol. The average Bonchev–Trinajstić information content (AvgIpc) is 3.06. The summed E-state index contributed by atoms with van der Waals surface area (Å²) in [5.41, 5.74) is 2.41. The van der Waals surface area contributed by atoms with E-state index in [1.807, 2.05) is 6.07 Å². The van der Waals surface area contributed by atoms with Gasteiger partial charge in [0.1, 0.15) is 0 Å². The van der Waals surface area contributed by atoms with E-state index < -0.39 is 0 Å². The highest BCUT2D eigenvalue weighted by Crippen LogP contribution is 2.26. The molecule has 0 saturated carbocycles. The lowest BCUT2D eigenvalue weighted by Crippen LogP contribution is -2.14. The van der Waals surface area contributed by atoms with Gasteiger partial charge in [0.15, 0.2) is 0 Å². The van der Waals surface area contributed by atoms with Crippen molar-refractivity contribution in [1.29, 1.82) is 0 Å². The Bertz CT molecular complexity index is 531. The fourth-order valence-corrected chi connectivity index (χ4v) is 3.54. The van der Waals surface area contributed by atoms with E-state index in [1.165, 1.54) is 16.3 Å². The highest BCUT2D eigenvalue weighted by Gasteiger charge is 2.18. The zero-order valence-electron chi connectivity index (χ0n) is 10.7. The molecule has 102 valence electrons. The molecule has 0 spiro atoms. The normalized spacial score (nSPS) is 16.9. The molecule has 0 amide bonds. The Morgan fingerprint density at radius 1 is 1.32 bits per heavy atom. The molecule has 1 aliphatic rings. The van der Waals surface area contributed by atoms with Gasteiger partial charge in [-0.05, 0) is 43.9 Å². The number of nitrogens with one attached hydrogen (secondary N) is 1. The molecule has 3 heterocycles. The maximum atomic E-state index is 5.93. The Hall–Kier alpha value is -0.840. The van der Waals surface area contributed by atoms with Crippen LogP contribution in [0.2, 0.25) is 4.34 Å². The van der Waals surface area contributed by atoms with Crippen LogP contribution in [0.15, 0.2) is 18.2 Å². The number of hydrogen-bond acceptors (Lipinski definition) is 3. The molecule has 5 heteroatoms. The molecular formula is C14H17ClN2OS. The molecule has 0 radical (unpaired) electrons. The first-order valence-electron chi connectivity index (χ1n) is 6.67. The molecule has 3 rings (SSSR count). The van der Waals surface area contributed by atoms with Crippen molar-refractivity contribution in [3.63, 3.8) is 0 Å². The predicted molar refractivity (Wildman–Crippen MR) is 78.1 cm³/mol. The van der Waals surface area contributed by atoms with Gasteiger partial charge in [-0.15, -0.1) is 11.3 Å². The minimum atomic E-state index is 0.565. The SMILES string of the molecule is Clc1ccc(CCc2cc(C3CCOCC3)n[nH]2)s1. The van der Waals surface area contributed by atoms with E-state index in [0.717, 1.165) is 43.2 Å². The van der Waals surface area contributed by atoms with Crippen molar-refractivity contribution in [1.82, 2.24) is 10.2 Å². The molecule has 3 nitrogen and oxygen atoms in total. The second-order valence-corrected chi connectivity index (χ2v) is 6.71. The monoisotopic (exact) mass is 296 g/mol. The van der Waals surface area contributed by atoms with Crippen LogP contribution in [-0.4, -0.2) is 23.4 Å². The summed E-state index contributed by atoms with van der Waals surface area (Å²) in [6, 6.07) is 6.27. The van der Waals surface area contributed by atoms with E-state index >= 15 is 0 Å². The Morgan fingerprint density at radius 2 is 2.16 bits per heavy atom. The van der Waals surface area contributed by atoms with Gasteiger partial charge in [-0.2, -0.15) is 5.10 Å². The van der Waals surface area contributed by atoms with Crippen LogP contribution < -0.4 is 0 Å². The Labute approximate surface area is 121 Å². The van der Waals surface area contributed by atoms with Gasteiger partial charge in [0.2, 0.25) is 0 Å². The number of thiophene rings is 1. The number of hydrogen-bond donors (Lipinski definition) is 1. The highest BCUT2D eigenvalue weighted by molar-refractivity contribution is 7.16. The largest absolute Gasteiger partial charge is 0.381 e. The second-order valence-electron chi connectivity index (χ2n) is 4.91. The fraction of sp³-hybridized carbons (Fsp3) is 0.500. The van der Waals surface area contributed by atoms with Crippen LogP contribution in [0, 0.1) is 0 Å². The molecule has 1 N–H and O–H groups in total. The van der Waals surface area contributed by atoms with Crippen molar-refractivity contribution < 1.29 is 4.74 Å². The van der Waals surface area contributed by atoms with Crippen molar-refractivity contribution in [3.8, 4) is 0 Å².